The smallest absolute Gasteiger partial charge is 0.315 e. The Bertz CT molecular complexity index is 465. The molecule has 2 amide bonds. The second-order valence-corrected chi connectivity index (χ2v) is 3.17. The molecule has 14 heavy (non-hydrogen) atoms. The first-order chi connectivity index (χ1) is 6.81. The number of hydrogen-bond acceptors (Lipinski definition) is 3. The van der Waals surface area contributed by atoms with Crippen LogP contribution in [-0.4, -0.2) is 29.8 Å². The minimum atomic E-state index is -0.708. The van der Waals surface area contributed by atoms with E-state index in [4.69, 9.17) is 0 Å². The molecule has 0 aromatic heterocycles. The van der Waals surface area contributed by atoms with E-state index in [1.807, 2.05) is 12.2 Å². The molecule has 2 aliphatic heterocycles. The summed E-state index contributed by atoms with van der Waals surface area (Å²) in [5, 5.41) is 2.75. The molecule has 1 spiro atoms. The predicted molar refractivity (Wildman–Crippen MR) is 52.9 cm³/mol. The summed E-state index contributed by atoms with van der Waals surface area (Å²) in [7, 11) is 0. The zero-order valence-electron chi connectivity index (χ0n) is 7.14. The van der Waals surface area contributed by atoms with Crippen LogP contribution in [0.15, 0.2) is 38.9 Å². The van der Waals surface area contributed by atoms with Gasteiger partial charge >= 0.3 is 6.03 Å². The second-order valence-electron chi connectivity index (χ2n) is 3.17. The van der Waals surface area contributed by atoms with E-state index in [0.717, 1.165) is 5.70 Å². The van der Waals surface area contributed by atoms with Gasteiger partial charge in [0.05, 0.1) is 11.4 Å². The molecule has 3 aliphatic rings. The van der Waals surface area contributed by atoms with Crippen LogP contribution in [0.4, 0.5) is 4.79 Å². The zero-order valence-corrected chi connectivity index (χ0v) is 7.14. The van der Waals surface area contributed by atoms with Crippen molar-refractivity contribution < 1.29 is 4.79 Å². The van der Waals surface area contributed by atoms with Crippen LogP contribution < -0.4 is 5.32 Å². The number of aliphatic imine (C=N–C) groups is 3. The van der Waals surface area contributed by atoms with E-state index in [1.54, 1.807) is 12.3 Å². The second kappa shape index (κ2) is 2.25. The molecule has 0 saturated heterocycles. The summed E-state index contributed by atoms with van der Waals surface area (Å²) >= 11 is 0. The summed E-state index contributed by atoms with van der Waals surface area (Å²) < 4.78 is 0. The molecule has 1 N–H and O–H groups in total. The lowest BCUT2D eigenvalue weighted by atomic mass is 9.87. The Morgan fingerprint density at radius 2 is 2.36 bits per heavy atom. The first-order valence-corrected chi connectivity index (χ1v) is 4.18. The highest BCUT2D eigenvalue weighted by Gasteiger charge is 2.45. The maximum Gasteiger partial charge on any atom is 0.342 e. The molecule has 68 valence electrons. The Morgan fingerprint density at radius 1 is 1.43 bits per heavy atom. The van der Waals surface area contributed by atoms with E-state index in [1.165, 1.54) is 6.34 Å². The summed E-state index contributed by atoms with van der Waals surface area (Å²) in [4.78, 5) is 23.1. The average molecular weight is 186 g/mol. The Morgan fingerprint density at radius 3 is 3.29 bits per heavy atom. The molecule has 0 aromatic rings. The number of allylic oxidation sites excluding steroid dienone is 2. The lowest BCUT2D eigenvalue weighted by Crippen LogP contribution is -2.52. The predicted octanol–water partition coefficient (Wildman–Crippen LogP) is 0.456. The van der Waals surface area contributed by atoms with Crippen molar-refractivity contribution in [1.29, 1.82) is 0 Å². The SMILES string of the molecule is O=C1N=C2C=CC=C3N=CN=CC32N1. The maximum absolute atomic E-state index is 11.2. The van der Waals surface area contributed by atoms with Gasteiger partial charge in [-0.15, -0.1) is 0 Å². The number of carbonyl (C=O) groups excluding carboxylic acids is 1. The van der Waals surface area contributed by atoms with Gasteiger partial charge in [0, 0.05) is 6.21 Å². The van der Waals surface area contributed by atoms with E-state index in [2.05, 4.69) is 20.3 Å². The number of nitrogens with zero attached hydrogens (tertiary/aromatic N) is 3. The van der Waals surface area contributed by atoms with Gasteiger partial charge in [-0.25, -0.2) is 14.8 Å². The van der Waals surface area contributed by atoms with Crippen molar-refractivity contribution in [1.82, 2.24) is 5.32 Å². The minimum Gasteiger partial charge on any atom is -0.315 e. The highest BCUT2D eigenvalue weighted by atomic mass is 16.2. The fourth-order valence-electron chi connectivity index (χ4n) is 1.73. The lowest BCUT2D eigenvalue weighted by Gasteiger charge is -2.28. The Balaban J connectivity index is 2.24. The highest BCUT2D eigenvalue weighted by Crippen LogP contribution is 2.28. The molecule has 5 heteroatoms. The highest BCUT2D eigenvalue weighted by molar-refractivity contribution is 6.26. The molecule has 0 saturated carbocycles. The van der Waals surface area contributed by atoms with Crippen LogP contribution >= 0.6 is 0 Å². The topological polar surface area (TPSA) is 66.2 Å². The first-order valence-electron chi connectivity index (χ1n) is 4.18. The minimum absolute atomic E-state index is 0.346. The van der Waals surface area contributed by atoms with Crippen molar-refractivity contribution in [3.63, 3.8) is 0 Å². The summed E-state index contributed by atoms with van der Waals surface area (Å²) in [6, 6.07) is -0.346. The molecule has 2 heterocycles. The summed E-state index contributed by atoms with van der Waals surface area (Å²) in [5.41, 5.74) is 0.695. The van der Waals surface area contributed by atoms with Crippen molar-refractivity contribution in [3.8, 4) is 0 Å². The monoisotopic (exact) mass is 186 g/mol. The van der Waals surface area contributed by atoms with Crippen molar-refractivity contribution in [2.45, 2.75) is 5.54 Å². The third kappa shape index (κ3) is 0.736. The van der Waals surface area contributed by atoms with Gasteiger partial charge in [-0.1, -0.05) is 6.08 Å². The molecule has 5 nitrogen and oxygen atoms in total. The molecule has 3 rings (SSSR count). The number of carbonyl (C=O) groups is 1. The van der Waals surface area contributed by atoms with Gasteiger partial charge in [0.1, 0.15) is 6.34 Å². The van der Waals surface area contributed by atoms with E-state index in [0.29, 0.717) is 5.71 Å². The molecule has 0 fully saturated rings. The van der Waals surface area contributed by atoms with E-state index in [9.17, 15) is 4.79 Å². The van der Waals surface area contributed by atoms with Gasteiger partial charge < -0.3 is 5.32 Å². The number of hydrogen-bond donors (Lipinski definition) is 1. The summed E-state index contributed by atoms with van der Waals surface area (Å²) in [6.45, 7) is 0. The normalized spacial score (nSPS) is 31.9. The van der Waals surface area contributed by atoms with Crippen LogP contribution in [-0.2, 0) is 0 Å². The third-order valence-corrected chi connectivity index (χ3v) is 2.37. The zero-order chi connectivity index (χ0) is 9.60. The van der Waals surface area contributed by atoms with Gasteiger partial charge in [-0.2, -0.15) is 4.99 Å². The van der Waals surface area contributed by atoms with Gasteiger partial charge in [0.15, 0.2) is 5.54 Å². The Kier molecular flexibility index (Phi) is 1.19. The summed E-state index contributed by atoms with van der Waals surface area (Å²) in [6.07, 6.45) is 8.56. The number of nitrogens with one attached hydrogen (secondary N) is 1. The molecule has 0 radical (unpaired) electrons. The van der Waals surface area contributed by atoms with Gasteiger partial charge in [-0.3, -0.25) is 0 Å². The average Bonchev–Trinajstić information content (AvgIpc) is 2.51. The molecule has 1 unspecified atom stereocenters. The van der Waals surface area contributed by atoms with Crippen LogP contribution in [0, 0.1) is 0 Å². The van der Waals surface area contributed by atoms with Crippen LogP contribution in [0.3, 0.4) is 0 Å². The van der Waals surface area contributed by atoms with E-state index < -0.39 is 5.54 Å². The largest absolute Gasteiger partial charge is 0.342 e. The van der Waals surface area contributed by atoms with Crippen molar-refractivity contribution in [3.05, 3.63) is 23.9 Å². The number of urea groups is 1. The molecule has 0 bridgehead atoms. The molecule has 1 aliphatic carbocycles. The van der Waals surface area contributed by atoms with Gasteiger partial charge in [0.2, 0.25) is 0 Å². The van der Waals surface area contributed by atoms with E-state index in [-0.39, 0.29) is 6.03 Å². The fraction of sp³-hybridized carbons (Fsp3) is 0.111. The van der Waals surface area contributed by atoms with E-state index >= 15 is 0 Å². The number of rotatable bonds is 0. The van der Waals surface area contributed by atoms with Crippen molar-refractivity contribution in [2.75, 3.05) is 0 Å². The lowest BCUT2D eigenvalue weighted by molar-refractivity contribution is 0.250. The van der Waals surface area contributed by atoms with Crippen LogP contribution in [0.5, 0.6) is 0 Å². The van der Waals surface area contributed by atoms with Gasteiger partial charge in [-0.05, 0) is 12.2 Å². The van der Waals surface area contributed by atoms with Crippen molar-refractivity contribution in [2.24, 2.45) is 15.0 Å². The molecule has 0 aromatic carbocycles. The van der Waals surface area contributed by atoms with Gasteiger partial charge in [0.25, 0.3) is 0 Å². The molecular weight excluding hydrogens is 180 g/mol. The van der Waals surface area contributed by atoms with Crippen molar-refractivity contribution >= 4 is 24.3 Å². The Labute approximate surface area is 79.7 Å². The van der Waals surface area contributed by atoms with Crippen LogP contribution in [0.2, 0.25) is 0 Å². The standard InChI is InChI=1S/C9H6N4O/c14-8-12-7-3-1-2-6-9(7,13-8)4-10-5-11-6/h1-5H,(H,13,14). The Hall–Kier alpha value is -2.04. The maximum atomic E-state index is 11.2. The quantitative estimate of drug-likeness (QED) is 0.586. The summed E-state index contributed by atoms with van der Waals surface area (Å²) in [5.74, 6) is 0. The molecule has 1 atom stereocenters. The van der Waals surface area contributed by atoms with Crippen LogP contribution in [0.25, 0.3) is 0 Å². The number of amides is 2. The third-order valence-electron chi connectivity index (χ3n) is 2.37. The first kappa shape index (κ1) is 7.37. The van der Waals surface area contributed by atoms with Crippen LogP contribution in [0.1, 0.15) is 0 Å². The fourth-order valence-corrected chi connectivity index (χ4v) is 1.73. The molecular formula is C9H6N4O.